The zero-order valence-electron chi connectivity index (χ0n) is 11.0. The predicted octanol–water partition coefficient (Wildman–Crippen LogP) is 3.83. The fraction of sp³-hybridized carbons (Fsp3) is 0.188. The second-order valence-corrected chi connectivity index (χ2v) is 5.17. The van der Waals surface area contributed by atoms with Crippen molar-refractivity contribution in [3.63, 3.8) is 0 Å². The molecule has 1 heterocycles. The Morgan fingerprint density at radius 1 is 1.10 bits per heavy atom. The number of ether oxygens (including phenoxy) is 1. The van der Waals surface area contributed by atoms with Crippen molar-refractivity contribution in [2.45, 2.75) is 12.5 Å². The van der Waals surface area contributed by atoms with Gasteiger partial charge in [0.05, 0.1) is 19.6 Å². The summed E-state index contributed by atoms with van der Waals surface area (Å²) >= 11 is 5.90. The van der Waals surface area contributed by atoms with Crippen molar-refractivity contribution in [1.29, 1.82) is 0 Å². The van der Waals surface area contributed by atoms with E-state index in [9.17, 15) is 4.79 Å². The Morgan fingerprint density at radius 2 is 1.75 bits per heavy atom. The van der Waals surface area contributed by atoms with Crippen molar-refractivity contribution in [3.05, 3.63) is 59.1 Å². The summed E-state index contributed by atoms with van der Waals surface area (Å²) in [6.45, 7) is 0. The van der Waals surface area contributed by atoms with Crippen LogP contribution in [-0.2, 0) is 4.79 Å². The molecule has 1 amide bonds. The van der Waals surface area contributed by atoms with E-state index in [1.165, 1.54) is 0 Å². The number of amides is 1. The second kappa shape index (κ2) is 5.17. The van der Waals surface area contributed by atoms with Crippen molar-refractivity contribution < 1.29 is 9.53 Å². The summed E-state index contributed by atoms with van der Waals surface area (Å²) in [6.07, 6.45) is 0.535. The van der Waals surface area contributed by atoms with E-state index in [2.05, 4.69) is 0 Å². The summed E-state index contributed by atoms with van der Waals surface area (Å²) in [5, 5.41) is 0.704. The molecule has 0 saturated carbocycles. The van der Waals surface area contributed by atoms with Crippen LogP contribution in [0.4, 0.5) is 5.69 Å². The summed E-state index contributed by atoms with van der Waals surface area (Å²) in [5.41, 5.74) is 1.99. The molecule has 0 aliphatic carbocycles. The minimum atomic E-state index is 0.0909. The molecule has 3 rings (SSSR count). The maximum Gasteiger partial charge on any atom is 0.230 e. The Morgan fingerprint density at radius 3 is 2.30 bits per heavy atom. The molecule has 4 heteroatoms. The molecular weight excluding hydrogens is 274 g/mol. The lowest BCUT2D eigenvalue weighted by Crippen LogP contribution is -2.46. The van der Waals surface area contributed by atoms with Gasteiger partial charge in [-0.15, -0.1) is 0 Å². The van der Waals surface area contributed by atoms with Gasteiger partial charge in [-0.2, -0.15) is 0 Å². The van der Waals surface area contributed by atoms with Crippen LogP contribution < -0.4 is 9.64 Å². The van der Waals surface area contributed by atoms with Gasteiger partial charge in [-0.3, -0.25) is 4.79 Å². The maximum atomic E-state index is 11.9. The van der Waals surface area contributed by atoms with Gasteiger partial charge in [0.15, 0.2) is 0 Å². The molecule has 0 N–H and O–H groups in total. The molecule has 0 spiro atoms. The molecule has 0 radical (unpaired) electrons. The van der Waals surface area contributed by atoms with Gasteiger partial charge in [0.25, 0.3) is 0 Å². The number of anilines is 1. The van der Waals surface area contributed by atoms with Gasteiger partial charge in [0.2, 0.25) is 5.91 Å². The number of methoxy groups -OCH3 is 1. The number of carbonyl (C=O) groups excluding carboxylic acids is 1. The molecule has 1 unspecified atom stereocenters. The fourth-order valence-electron chi connectivity index (χ4n) is 2.44. The van der Waals surface area contributed by atoms with Gasteiger partial charge >= 0.3 is 0 Å². The van der Waals surface area contributed by atoms with Crippen LogP contribution in [0, 0.1) is 0 Å². The Kier molecular flexibility index (Phi) is 3.36. The third-order valence-corrected chi connectivity index (χ3v) is 3.81. The summed E-state index contributed by atoms with van der Waals surface area (Å²) < 4.78 is 5.13. The summed E-state index contributed by atoms with van der Waals surface area (Å²) in [6, 6.07) is 15.3. The van der Waals surface area contributed by atoms with Crippen LogP contribution in [0.5, 0.6) is 5.75 Å². The SMILES string of the molecule is COc1ccc(N2C(=O)CC2c2ccc(Cl)cc2)cc1. The lowest BCUT2D eigenvalue weighted by atomic mass is 9.93. The highest BCUT2D eigenvalue weighted by atomic mass is 35.5. The molecule has 3 nitrogen and oxygen atoms in total. The highest BCUT2D eigenvalue weighted by Crippen LogP contribution is 2.39. The Bertz CT molecular complexity index is 622. The molecule has 1 fully saturated rings. The number of β-lactam (4-membered cyclic amide) rings is 1. The molecule has 1 aliphatic rings. The highest BCUT2D eigenvalue weighted by Gasteiger charge is 2.38. The van der Waals surface area contributed by atoms with Crippen LogP contribution in [0.2, 0.25) is 5.02 Å². The molecule has 20 heavy (non-hydrogen) atoms. The van der Waals surface area contributed by atoms with Crippen LogP contribution in [0.15, 0.2) is 48.5 Å². The topological polar surface area (TPSA) is 29.5 Å². The van der Waals surface area contributed by atoms with Crippen LogP contribution >= 0.6 is 11.6 Å². The van der Waals surface area contributed by atoms with Gasteiger partial charge in [-0.05, 0) is 42.0 Å². The fourth-order valence-corrected chi connectivity index (χ4v) is 2.56. The lowest BCUT2D eigenvalue weighted by molar-refractivity contribution is -0.124. The zero-order chi connectivity index (χ0) is 14.1. The van der Waals surface area contributed by atoms with Gasteiger partial charge < -0.3 is 9.64 Å². The molecule has 1 saturated heterocycles. The van der Waals surface area contributed by atoms with Gasteiger partial charge in [0.1, 0.15) is 5.75 Å². The summed E-state index contributed by atoms with van der Waals surface area (Å²) in [4.78, 5) is 13.7. The average Bonchev–Trinajstić information content (AvgIpc) is 2.46. The van der Waals surface area contributed by atoms with Crippen LogP contribution in [-0.4, -0.2) is 13.0 Å². The van der Waals surface area contributed by atoms with E-state index in [0.29, 0.717) is 11.4 Å². The summed E-state index contributed by atoms with van der Waals surface area (Å²) in [7, 11) is 1.63. The normalized spacial score (nSPS) is 17.8. The predicted molar refractivity (Wildman–Crippen MR) is 79.3 cm³/mol. The second-order valence-electron chi connectivity index (χ2n) is 4.73. The monoisotopic (exact) mass is 287 g/mol. The Labute approximate surface area is 122 Å². The average molecular weight is 288 g/mol. The van der Waals surface area contributed by atoms with Crippen molar-refractivity contribution in [2.75, 3.05) is 12.0 Å². The number of nitrogens with zero attached hydrogens (tertiary/aromatic N) is 1. The first-order valence-electron chi connectivity index (χ1n) is 6.40. The smallest absolute Gasteiger partial charge is 0.230 e. The zero-order valence-corrected chi connectivity index (χ0v) is 11.8. The minimum Gasteiger partial charge on any atom is -0.497 e. The van der Waals surface area contributed by atoms with Crippen LogP contribution in [0.3, 0.4) is 0 Å². The van der Waals surface area contributed by atoms with Gasteiger partial charge in [-0.1, -0.05) is 23.7 Å². The minimum absolute atomic E-state index is 0.0909. The molecule has 0 bridgehead atoms. The van der Waals surface area contributed by atoms with Crippen molar-refractivity contribution in [3.8, 4) is 5.75 Å². The first kappa shape index (κ1) is 13.0. The summed E-state index contributed by atoms with van der Waals surface area (Å²) in [5.74, 6) is 0.917. The van der Waals surface area contributed by atoms with Crippen molar-refractivity contribution in [2.24, 2.45) is 0 Å². The molecule has 1 atom stereocenters. The number of hydrogen-bond acceptors (Lipinski definition) is 2. The van der Waals surface area contributed by atoms with E-state index < -0.39 is 0 Å². The maximum absolute atomic E-state index is 11.9. The Balaban J connectivity index is 1.87. The molecule has 1 aliphatic heterocycles. The first-order chi connectivity index (χ1) is 9.69. The van der Waals surface area contributed by atoms with E-state index in [1.54, 1.807) is 7.11 Å². The van der Waals surface area contributed by atoms with Gasteiger partial charge in [-0.25, -0.2) is 0 Å². The Hall–Kier alpha value is -2.00. The number of rotatable bonds is 3. The molecule has 2 aromatic carbocycles. The molecule has 102 valence electrons. The van der Waals surface area contributed by atoms with E-state index in [-0.39, 0.29) is 11.9 Å². The van der Waals surface area contributed by atoms with E-state index in [1.807, 2.05) is 53.4 Å². The van der Waals surface area contributed by atoms with E-state index in [4.69, 9.17) is 16.3 Å². The number of halogens is 1. The highest BCUT2D eigenvalue weighted by molar-refractivity contribution is 6.30. The van der Waals surface area contributed by atoms with E-state index >= 15 is 0 Å². The molecule has 2 aromatic rings. The third-order valence-electron chi connectivity index (χ3n) is 3.55. The number of benzene rings is 2. The number of carbonyl (C=O) groups is 1. The quantitative estimate of drug-likeness (QED) is 0.803. The largest absolute Gasteiger partial charge is 0.497 e. The van der Waals surface area contributed by atoms with Crippen LogP contribution in [0.1, 0.15) is 18.0 Å². The van der Waals surface area contributed by atoms with Crippen molar-refractivity contribution >= 4 is 23.2 Å². The first-order valence-corrected chi connectivity index (χ1v) is 6.78. The molecule has 0 aromatic heterocycles. The standard InChI is InChI=1S/C16H14ClNO2/c1-20-14-8-6-13(7-9-14)18-15(10-16(18)19)11-2-4-12(17)5-3-11/h2-9,15H,10H2,1H3. The van der Waals surface area contributed by atoms with Crippen molar-refractivity contribution in [1.82, 2.24) is 0 Å². The third kappa shape index (κ3) is 2.25. The lowest BCUT2D eigenvalue weighted by Gasteiger charge is -2.40. The molecular formula is C16H14ClNO2. The van der Waals surface area contributed by atoms with Gasteiger partial charge in [0, 0.05) is 10.7 Å². The number of hydrogen-bond donors (Lipinski definition) is 0. The van der Waals surface area contributed by atoms with E-state index in [0.717, 1.165) is 17.0 Å². The van der Waals surface area contributed by atoms with Crippen LogP contribution in [0.25, 0.3) is 0 Å².